The average Bonchev–Trinajstić information content (AvgIpc) is 2.76. The van der Waals surface area contributed by atoms with Gasteiger partial charge >= 0.3 is 0 Å². The quantitative estimate of drug-likeness (QED) is 0.817. The van der Waals surface area contributed by atoms with E-state index in [4.69, 9.17) is 5.73 Å². The monoisotopic (exact) mass is 252 g/mol. The van der Waals surface area contributed by atoms with Crippen LogP contribution < -0.4 is 5.73 Å². The topological polar surface area (TPSA) is 46.3 Å². The van der Waals surface area contributed by atoms with Gasteiger partial charge in [-0.3, -0.25) is 4.79 Å². The first kappa shape index (κ1) is 13.9. The number of rotatable bonds is 5. The van der Waals surface area contributed by atoms with Crippen molar-refractivity contribution in [3.63, 3.8) is 0 Å². The second kappa shape index (κ2) is 5.60. The van der Waals surface area contributed by atoms with Gasteiger partial charge in [-0.25, -0.2) is 0 Å². The van der Waals surface area contributed by atoms with Crippen molar-refractivity contribution in [3.8, 4) is 0 Å². The molecule has 2 N–H and O–H groups in total. The lowest BCUT2D eigenvalue weighted by Gasteiger charge is -2.40. The van der Waals surface area contributed by atoms with Crippen molar-refractivity contribution in [3.05, 3.63) is 0 Å². The van der Waals surface area contributed by atoms with E-state index in [-0.39, 0.29) is 5.54 Å². The van der Waals surface area contributed by atoms with Gasteiger partial charge in [-0.2, -0.15) is 0 Å². The Kier molecular flexibility index (Phi) is 4.31. The van der Waals surface area contributed by atoms with Crippen LogP contribution in [0.2, 0.25) is 0 Å². The fourth-order valence-electron chi connectivity index (χ4n) is 3.27. The lowest BCUT2D eigenvalue weighted by atomic mass is 9.75. The van der Waals surface area contributed by atoms with Crippen LogP contribution >= 0.6 is 0 Å². The number of nitrogens with two attached hydrogens (primary N) is 1. The summed E-state index contributed by atoms with van der Waals surface area (Å²) in [6.45, 7) is 5.28. The van der Waals surface area contributed by atoms with Crippen molar-refractivity contribution in [1.29, 1.82) is 0 Å². The first-order valence-corrected chi connectivity index (χ1v) is 7.58. The van der Waals surface area contributed by atoms with Gasteiger partial charge in [0.05, 0.1) is 0 Å². The smallest absolute Gasteiger partial charge is 0.224 e. The minimum absolute atomic E-state index is 0.176. The summed E-state index contributed by atoms with van der Waals surface area (Å²) in [5.74, 6) is 0.850. The molecule has 0 unspecified atom stereocenters. The van der Waals surface area contributed by atoms with Crippen LogP contribution in [0, 0.1) is 5.92 Å². The summed E-state index contributed by atoms with van der Waals surface area (Å²) < 4.78 is 0. The Balaban J connectivity index is 1.95. The van der Waals surface area contributed by atoms with Gasteiger partial charge in [-0.05, 0) is 38.0 Å². The highest BCUT2D eigenvalue weighted by atomic mass is 16.2. The molecule has 0 aromatic rings. The van der Waals surface area contributed by atoms with Gasteiger partial charge < -0.3 is 10.6 Å². The third kappa shape index (κ3) is 3.25. The highest BCUT2D eigenvalue weighted by molar-refractivity contribution is 5.78. The fourth-order valence-corrected chi connectivity index (χ4v) is 3.27. The summed E-state index contributed by atoms with van der Waals surface area (Å²) in [5, 5.41) is 0. The molecule has 0 heterocycles. The molecule has 0 atom stereocenters. The van der Waals surface area contributed by atoms with Crippen LogP contribution in [-0.4, -0.2) is 28.9 Å². The molecule has 0 aromatic carbocycles. The minimum atomic E-state index is -0.176. The van der Waals surface area contributed by atoms with Crippen LogP contribution in [0.25, 0.3) is 0 Å². The second-order valence-electron chi connectivity index (χ2n) is 6.77. The molecule has 0 aliphatic heterocycles. The van der Waals surface area contributed by atoms with Crippen molar-refractivity contribution in [2.45, 2.75) is 76.8 Å². The SMILES string of the molecule is CC(C)CN(C(=O)CC1(N)CCC1)C1CCCC1. The Morgan fingerprint density at radius 1 is 1.28 bits per heavy atom. The van der Waals surface area contributed by atoms with E-state index in [1.165, 1.54) is 32.1 Å². The molecule has 2 aliphatic rings. The van der Waals surface area contributed by atoms with Crippen LogP contribution in [0.3, 0.4) is 0 Å². The van der Waals surface area contributed by atoms with E-state index in [1.54, 1.807) is 0 Å². The van der Waals surface area contributed by atoms with Gasteiger partial charge in [0, 0.05) is 24.5 Å². The number of carbonyl (C=O) groups excluding carboxylic acids is 1. The third-order valence-electron chi connectivity index (χ3n) is 4.50. The molecule has 0 saturated heterocycles. The first-order valence-electron chi connectivity index (χ1n) is 7.58. The Bertz CT molecular complexity index is 291. The highest BCUT2D eigenvalue weighted by Crippen LogP contribution is 2.34. The standard InChI is InChI=1S/C15H28N2O/c1-12(2)11-17(13-6-3-4-7-13)14(18)10-15(16)8-5-9-15/h12-13H,3-11,16H2,1-2H3. The molecule has 1 amide bonds. The maximum atomic E-state index is 12.5. The van der Waals surface area contributed by atoms with Crippen molar-refractivity contribution in [2.75, 3.05) is 6.54 Å². The van der Waals surface area contributed by atoms with Crippen LogP contribution in [0.5, 0.6) is 0 Å². The molecule has 104 valence electrons. The number of hydrogen-bond acceptors (Lipinski definition) is 2. The molecule has 2 fully saturated rings. The second-order valence-corrected chi connectivity index (χ2v) is 6.77. The summed E-state index contributed by atoms with van der Waals surface area (Å²) >= 11 is 0. The van der Waals surface area contributed by atoms with Gasteiger partial charge in [0.1, 0.15) is 0 Å². The summed E-state index contributed by atoms with van der Waals surface area (Å²) in [6.07, 6.45) is 8.75. The van der Waals surface area contributed by atoms with Crippen LogP contribution in [0.4, 0.5) is 0 Å². The van der Waals surface area contributed by atoms with E-state index in [1.807, 2.05) is 0 Å². The highest BCUT2D eigenvalue weighted by Gasteiger charge is 2.37. The van der Waals surface area contributed by atoms with Crippen LogP contribution in [-0.2, 0) is 4.79 Å². The number of carbonyl (C=O) groups is 1. The third-order valence-corrected chi connectivity index (χ3v) is 4.50. The fraction of sp³-hybridized carbons (Fsp3) is 0.933. The molecular formula is C15H28N2O. The van der Waals surface area contributed by atoms with Crippen LogP contribution in [0.1, 0.15) is 65.2 Å². The van der Waals surface area contributed by atoms with Gasteiger partial charge in [-0.15, -0.1) is 0 Å². The first-order chi connectivity index (χ1) is 8.50. The molecule has 18 heavy (non-hydrogen) atoms. The molecular weight excluding hydrogens is 224 g/mol. The van der Waals surface area contributed by atoms with Crippen molar-refractivity contribution in [2.24, 2.45) is 11.7 Å². The van der Waals surface area contributed by atoms with Gasteiger partial charge in [-0.1, -0.05) is 26.7 Å². The molecule has 3 nitrogen and oxygen atoms in total. The van der Waals surface area contributed by atoms with Crippen molar-refractivity contribution in [1.82, 2.24) is 4.90 Å². The zero-order valence-electron chi connectivity index (χ0n) is 12.0. The van der Waals surface area contributed by atoms with Crippen LogP contribution in [0.15, 0.2) is 0 Å². The molecule has 0 bridgehead atoms. The molecule has 3 heteroatoms. The number of amides is 1. The summed E-state index contributed by atoms with van der Waals surface area (Å²) in [7, 11) is 0. The average molecular weight is 252 g/mol. The largest absolute Gasteiger partial charge is 0.339 e. The molecule has 2 saturated carbocycles. The molecule has 0 spiro atoms. The summed E-state index contributed by atoms with van der Waals surface area (Å²) in [6, 6.07) is 0.489. The molecule has 0 radical (unpaired) electrons. The maximum Gasteiger partial charge on any atom is 0.224 e. The van der Waals surface area contributed by atoms with E-state index in [9.17, 15) is 4.79 Å². The normalized spacial score (nSPS) is 23.1. The lowest BCUT2D eigenvalue weighted by Crippen LogP contribution is -2.52. The van der Waals surface area contributed by atoms with E-state index in [0.29, 0.717) is 24.3 Å². The van der Waals surface area contributed by atoms with E-state index in [2.05, 4.69) is 18.7 Å². The van der Waals surface area contributed by atoms with Crippen molar-refractivity contribution >= 4 is 5.91 Å². The molecule has 0 aromatic heterocycles. The van der Waals surface area contributed by atoms with Gasteiger partial charge in [0.15, 0.2) is 0 Å². The van der Waals surface area contributed by atoms with E-state index in [0.717, 1.165) is 19.4 Å². The Hall–Kier alpha value is -0.570. The molecule has 2 aliphatic carbocycles. The minimum Gasteiger partial charge on any atom is -0.339 e. The number of nitrogens with zero attached hydrogens (tertiary/aromatic N) is 1. The van der Waals surface area contributed by atoms with Crippen molar-refractivity contribution < 1.29 is 4.79 Å². The van der Waals surface area contributed by atoms with Gasteiger partial charge in [0.2, 0.25) is 5.91 Å². The maximum absolute atomic E-state index is 12.5. The zero-order chi connectivity index (χ0) is 13.2. The Morgan fingerprint density at radius 2 is 1.89 bits per heavy atom. The Labute approximate surface area is 111 Å². The Morgan fingerprint density at radius 3 is 2.33 bits per heavy atom. The summed E-state index contributed by atoms with van der Waals surface area (Å²) in [5.41, 5.74) is 6.05. The predicted molar refractivity (Wildman–Crippen MR) is 74.2 cm³/mol. The number of hydrogen-bond donors (Lipinski definition) is 1. The summed E-state index contributed by atoms with van der Waals surface area (Å²) in [4.78, 5) is 14.7. The van der Waals surface area contributed by atoms with E-state index < -0.39 is 0 Å². The van der Waals surface area contributed by atoms with Gasteiger partial charge in [0.25, 0.3) is 0 Å². The van der Waals surface area contributed by atoms with E-state index >= 15 is 0 Å². The predicted octanol–water partition coefficient (Wildman–Crippen LogP) is 2.69. The lowest BCUT2D eigenvalue weighted by molar-refractivity contribution is -0.136. The zero-order valence-corrected chi connectivity index (χ0v) is 12.0. The molecule has 2 rings (SSSR count).